The Morgan fingerprint density at radius 1 is 1.03 bits per heavy atom. The van der Waals surface area contributed by atoms with Crippen molar-refractivity contribution in [1.29, 1.82) is 0 Å². The molecule has 3 N–H and O–H groups in total. The maximum atomic E-state index is 6.38. The zero-order valence-corrected chi connectivity index (χ0v) is 21.0. The summed E-state index contributed by atoms with van der Waals surface area (Å²) in [4.78, 5) is 15.2. The smallest absolute Gasteiger partial charge is 0.229 e. The number of aromatic nitrogens is 2. The van der Waals surface area contributed by atoms with Crippen molar-refractivity contribution >= 4 is 46.7 Å². The maximum Gasteiger partial charge on any atom is 0.229 e. The molecule has 2 bridgehead atoms. The molecule has 2 unspecified atom stereocenters. The summed E-state index contributed by atoms with van der Waals surface area (Å²) in [5.74, 6) is 1.06. The third-order valence-electron chi connectivity index (χ3n) is 6.49. The molecule has 2 atom stereocenters. The van der Waals surface area contributed by atoms with Crippen LogP contribution in [0, 0.1) is 0 Å². The number of anilines is 4. The number of likely N-dealkylation sites (tertiary alicyclic amines) is 1. The molecular formula is C25H30ClN7S. The van der Waals surface area contributed by atoms with Gasteiger partial charge >= 0.3 is 0 Å². The second-order valence-electron chi connectivity index (χ2n) is 8.92. The van der Waals surface area contributed by atoms with Crippen LogP contribution in [0.4, 0.5) is 23.1 Å². The monoisotopic (exact) mass is 495 g/mol. The predicted molar refractivity (Wildman–Crippen MR) is 141 cm³/mol. The Morgan fingerprint density at radius 3 is 2.50 bits per heavy atom. The lowest BCUT2D eigenvalue weighted by Crippen LogP contribution is -2.51. The summed E-state index contributed by atoms with van der Waals surface area (Å²) in [6.07, 6.45) is 4.25. The molecule has 0 radical (unpaired) electrons. The summed E-state index contributed by atoms with van der Waals surface area (Å²) in [6.45, 7) is 3.37. The molecule has 1 aromatic heterocycles. The van der Waals surface area contributed by atoms with Crippen molar-refractivity contribution in [2.45, 2.75) is 36.4 Å². The molecule has 0 saturated carbocycles. The van der Waals surface area contributed by atoms with Gasteiger partial charge in [0.15, 0.2) is 5.82 Å². The second-order valence-corrected chi connectivity index (χ2v) is 10.4. The van der Waals surface area contributed by atoms with E-state index in [1.165, 1.54) is 43.4 Å². The standard InChI is InChI=1S/C25H30ClN7S/c1-27-34-23-6-4-3-5-22(23)30-24-21(26)13-28-25(31-24)29-18-9-7-17(8-10-18)14-33-19-11-12-20(33)16-32(2)15-19/h3-10,13,19-20,27H,11-12,14-16H2,1-2H3,(H2,28,29,30,31). The van der Waals surface area contributed by atoms with E-state index in [9.17, 15) is 0 Å². The van der Waals surface area contributed by atoms with Crippen LogP contribution in [0.1, 0.15) is 18.4 Å². The number of piperazine rings is 1. The second kappa shape index (κ2) is 10.5. The van der Waals surface area contributed by atoms with Gasteiger partial charge in [-0.2, -0.15) is 4.98 Å². The molecule has 2 aliphatic rings. The van der Waals surface area contributed by atoms with Gasteiger partial charge in [-0.05, 0) is 68.7 Å². The van der Waals surface area contributed by atoms with Crippen molar-refractivity contribution in [2.24, 2.45) is 0 Å². The topological polar surface area (TPSA) is 68.4 Å². The van der Waals surface area contributed by atoms with Crippen molar-refractivity contribution < 1.29 is 0 Å². The third-order valence-corrected chi connectivity index (χ3v) is 7.54. The molecule has 3 aromatic rings. The zero-order valence-electron chi connectivity index (χ0n) is 19.5. The Labute approximate surface area is 210 Å². The number of rotatable bonds is 8. The molecule has 0 aliphatic carbocycles. The number of para-hydroxylation sites is 1. The van der Waals surface area contributed by atoms with Gasteiger partial charge < -0.3 is 15.5 Å². The molecule has 9 heteroatoms. The van der Waals surface area contributed by atoms with Crippen LogP contribution in [0.2, 0.25) is 5.02 Å². The number of nitrogens with zero attached hydrogens (tertiary/aromatic N) is 4. The summed E-state index contributed by atoms with van der Waals surface area (Å²) < 4.78 is 3.10. The van der Waals surface area contributed by atoms with Gasteiger partial charge in [0, 0.05) is 42.3 Å². The highest BCUT2D eigenvalue weighted by Gasteiger charge is 2.38. The van der Waals surface area contributed by atoms with E-state index in [1.807, 2.05) is 31.3 Å². The van der Waals surface area contributed by atoms with Gasteiger partial charge in [-0.3, -0.25) is 9.62 Å². The first-order valence-electron chi connectivity index (χ1n) is 11.6. The molecule has 178 valence electrons. The van der Waals surface area contributed by atoms with E-state index >= 15 is 0 Å². The molecule has 2 fully saturated rings. The number of hydrogen-bond donors (Lipinski definition) is 3. The third kappa shape index (κ3) is 5.31. The minimum atomic E-state index is 0.465. The summed E-state index contributed by atoms with van der Waals surface area (Å²) in [6, 6.07) is 18.0. The van der Waals surface area contributed by atoms with E-state index in [0.717, 1.165) is 22.8 Å². The minimum absolute atomic E-state index is 0.465. The lowest BCUT2D eigenvalue weighted by molar-refractivity contribution is 0.0760. The minimum Gasteiger partial charge on any atom is -0.338 e. The average molecular weight is 496 g/mol. The van der Waals surface area contributed by atoms with Gasteiger partial charge in [0.1, 0.15) is 5.02 Å². The number of nitrogens with one attached hydrogen (secondary N) is 3. The highest BCUT2D eigenvalue weighted by molar-refractivity contribution is 7.97. The molecule has 7 nitrogen and oxygen atoms in total. The van der Waals surface area contributed by atoms with Crippen LogP contribution in [0.3, 0.4) is 0 Å². The van der Waals surface area contributed by atoms with E-state index in [1.54, 1.807) is 6.20 Å². The summed E-state index contributed by atoms with van der Waals surface area (Å²) >= 11 is 7.92. The zero-order chi connectivity index (χ0) is 23.5. The van der Waals surface area contributed by atoms with E-state index in [2.05, 4.69) is 66.4 Å². The highest BCUT2D eigenvalue weighted by Crippen LogP contribution is 2.32. The van der Waals surface area contributed by atoms with Crippen LogP contribution >= 0.6 is 23.5 Å². The van der Waals surface area contributed by atoms with E-state index in [0.29, 0.717) is 28.9 Å². The maximum absolute atomic E-state index is 6.38. The average Bonchev–Trinajstić information content (AvgIpc) is 3.06. The molecule has 2 aromatic carbocycles. The van der Waals surface area contributed by atoms with Crippen LogP contribution in [0.15, 0.2) is 59.6 Å². The first-order valence-corrected chi connectivity index (χ1v) is 12.8. The van der Waals surface area contributed by atoms with Crippen molar-refractivity contribution in [3.05, 3.63) is 65.3 Å². The lowest BCUT2D eigenvalue weighted by Gasteiger charge is -2.39. The number of likely N-dealkylation sites (N-methyl/N-ethyl adjacent to an activating group) is 1. The molecule has 5 rings (SSSR count). The molecule has 3 heterocycles. The van der Waals surface area contributed by atoms with Crippen LogP contribution in [-0.2, 0) is 6.54 Å². The number of halogens is 1. The Hall–Kier alpha value is -2.36. The number of hydrogen-bond acceptors (Lipinski definition) is 8. The van der Waals surface area contributed by atoms with Gasteiger partial charge in [0.25, 0.3) is 0 Å². The Kier molecular flexibility index (Phi) is 7.22. The first-order chi connectivity index (χ1) is 16.6. The lowest BCUT2D eigenvalue weighted by atomic mass is 10.1. The van der Waals surface area contributed by atoms with E-state index in [4.69, 9.17) is 11.6 Å². The van der Waals surface area contributed by atoms with E-state index < -0.39 is 0 Å². The molecule has 2 saturated heterocycles. The first kappa shape index (κ1) is 23.4. The number of fused-ring (bicyclic) bond motifs is 2. The molecule has 0 amide bonds. The fourth-order valence-electron chi connectivity index (χ4n) is 4.90. The predicted octanol–water partition coefficient (Wildman–Crippen LogP) is 5.12. The van der Waals surface area contributed by atoms with Gasteiger partial charge in [-0.25, -0.2) is 4.98 Å². The Balaban J connectivity index is 1.25. The highest BCUT2D eigenvalue weighted by atomic mass is 35.5. The van der Waals surface area contributed by atoms with Crippen LogP contribution in [0.5, 0.6) is 0 Å². The van der Waals surface area contributed by atoms with Gasteiger partial charge in [0.05, 0.1) is 11.9 Å². The van der Waals surface area contributed by atoms with Crippen LogP contribution in [-0.4, -0.2) is 59.0 Å². The molecule has 2 aliphatic heterocycles. The van der Waals surface area contributed by atoms with Crippen molar-refractivity contribution in [3.63, 3.8) is 0 Å². The Morgan fingerprint density at radius 2 is 1.76 bits per heavy atom. The molecule has 34 heavy (non-hydrogen) atoms. The van der Waals surface area contributed by atoms with E-state index in [-0.39, 0.29) is 0 Å². The van der Waals surface area contributed by atoms with Gasteiger partial charge in [0.2, 0.25) is 5.95 Å². The largest absolute Gasteiger partial charge is 0.338 e. The fourth-order valence-corrected chi connectivity index (χ4v) is 5.64. The summed E-state index contributed by atoms with van der Waals surface area (Å²) in [5, 5.41) is 7.10. The summed E-state index contributed by atoms with van der Waals surface area (Å²) in [5.41, 5.74) is 3.21. The SMILES string of the molecule is CNSc1ccccc1Nc1nc(Nc2ccc(CN3C4CCC3CN(C)C4)cc2)ncc1Cl. The Bertz CT molecular complexity index is 1110. The fraction of sp³-hybridized carbons (Fsp3) is 0.360. The van der Waals surface area contributed by atoms with Crippen LogP contribution in [0.25, 0.3) is 0 Å². The van der Waals surface area contributed by atoms with Gasteiger partial charge in [-0.1, -0.05) is 35.9 Å². The van der Waals surface area contributed by atoms with Gasteiger partial charge in [-0.15, -0.1) is 0 Å². The molecular weight excluding hydrogens is 466 g/mol. The molecule has 0 spiro atoms. The van der Waals surface area contributed by atoms with Crippen molar-refractivity contribution in [1.82, 2.24) is 24.5 Å². The van der Waals surface area contributed by atoms with Crippen molar-refractivity contribution in [2.75, 3.05) is 37.8 Å². The number of benzene rings is 2. The van der Waals surface area contributed by atoms with Crippen molar-refractivity contribution in [3.8, 4) is 0 Å². The quantitative estimate of drug-likeness (QED) is 0.372. The normalized spacial score (nSPS) is 20.4. The van der Waals surface area contributed by atoms with Crippen LogP contribution < -0.4 is 15.4 Å². The summed E-state index contributed by atoms with van der Waals surface area (Å²) in [7, 11) is 4.13.